The molecule has 3 saturated carbocycles. The smallest absolute Gasteiger partial charge is 0 e. The highest BCUT2D eigenvalue weighted by atomic mass is 14.6. The van der Waals surface area contributed by atoms with E-state index in [1.807, 2.05) is 5.57 Å². The molecule has 0 aromatic carbocycles. The fraction of sp³-hybridized carbons (Fsp3) is 0.929. The Bertz CT molecular complexity index is 591. The zero-order valence-electron chi connectivity index (χ0n) is 19.9. The molecule has 0 spiro atoms. The average molecular weight is 387 g/mol. The van der Waals surface area contributed by atoms with Gasteiger partial charge in [-0.2, -0.15) is 0 Å². The first-order valence-electron chi connectivity index (χ1n) is 12.9. The van der Waals surface area contributed by atoms with Crippen molar-refractivity contribution in [3.63, 3.8) is 0 Å². The summed E-state index contributed by atoms with van der Waals surface area (Å²) >= 11 is 0. The van der Waals surface area contributed by atoms with Crippen LogP contribution in [0.25, 0.3) is 0 Å². The van der Waals surface area contributed by atoms with Crippen molar-refractivity contribution < 1.29 is 1.43 Å². The van der Waals surface area contributed by atoms with Crippen molar-refractivity contribution in [3.05, 3.63) is 11.6 Å². The maximum Gasteiger partial charge on any atom is 0 e. The molecule has 0 amide bonds. The number of allylic oxidation sites excluding steroid dienone is 2. The topological polar surface area (TPSA) is 0 Å². The summed E-state index contributed by atoms with van der Waals surface area (Å²) in [5.74, 6) is 6.73. The minimum Gasteiger partial charge on any atom is -0.0845 e. The Kier molecular flexibility index (Phi) is 5.83. The molecule has 162 valence electrons. The molecular formula is C28H50. The Morgan fingerprint density at radius 3 is 2.54 bits per heavy atom. The Balaban J connectivity index is 0.00000240. The molecule has 2 unspecified atom stereocenters. The Morgan fingerprint density at radius 2 is 1.79 bits per heavy atom. The van der Waals surface area contributed by atoms with Crippen LogP contribution in [-0.2, 0) is 0 Å². The molecule has 4 aliphatic carbocycles. The van der Waals surface area contributed by atoms with Gasteiger partial charge < -0.3 is 0 Å². The number of hydrogen-bond donors (Lipinski definition) is 0. The van der Waals surface area contributed by atoms with Crippen LogP contribution < -0.4 is 0 Å². The third kappa shape index (κ3) is 3.43. The van der Waals surface area contributed by atoms with Crippen molar-refractivity contribution in [2.75, 3.05) is 0 Å². The molecule has 0 nitrogen and oxygen atoms in total. The minimum absolute atomic E-state index is 0. The predicted octanol–water partition coefficient (Wildman–Crippen LogP) is 8.91. The van der Waals surface area contributed by atoms with Crippen LogP contribution in [0.2, 0.25) is 0 Å². The SMILES string of the molecule is CC(C)CCC[C@@H](C)[C@H]1CC[C@H]2[C@@H]3CC=C4CC(C)CC[C@]4(C)C3CC[C@]12C.[HH]. The van der Waals surface area contributed by atoms with E-state index in [0.717, 1.165) is 41.4 Å². The summed E-state index contributed by atoms with van der Waals surface area (Å²) in [5.41, 5.74) is 3.06. The zero-order valence-corrected chi connectivity index (χ0v) is 19.9. The van der Waals surface area contributed by atoms with E-state index in [-0.39, 0.29) is 1.43 Å². The quantitative estimate of drug-likeness (QED) is 0.414. The summed E-state index contributed by atoms with van der Waals surface area (Å²) in [5, 5.41) is 0. The normalized spacial score (nSPS) is 46.5. The summed E-state index contributed by atoms with van der Waals surface area (Å²) in [6, 6.07) is 0. The van der Waals surface area contributed by atoms with Gasteiger partial charge in [0, 0.05) is 1.43 Å². The Morgan fingerprint density at radius 1 is 1.00 bits per heavy atom. The molecule has 4 rings (SSSR count). The maximum absolute atomic E-state index is 2.75. The lowest BCUT2D eigenvalue weighted by Gasteiger charge is -2.58. The first kappa shape index (κ1) is 21.0. The van der Waals surface area contributed by atoms with Gasteiger partial charge in [-0.25, -0.2) is 0 Å². The lowest BCUT2D eigenvalue weighted by Crippen LogP contribution is -2.50. The third-order valence-corrected chi connectivity index (χ3v) is 10.6. The molecular weight excluding hydrogens is 336 g/mol. The van der Waals surface area contributed by atoms with Crippen molar-refractivity contribution in [1.82, 2.24) is 0 Å². The molecule has 0 aliphatic heterocycles. The van der Waals surface area contributed by atoms with Gasteiger partial charge in [0.05, 0.1) is 0 Å². The van der Waals surface area contributed by atoms with E-state index in [9.17, 15) is 0 Å². The molecule has 0 bridgehead atoms. The predicted molar refractivity (Wildman–Crippen MR) is 124 cm³/mol. The van der Waals surface area contributed by atoms with Crippen molar-refractivity contribution in [3.8, 4) is 0 Å². The van der Waals surface area contributed by atoms with Crippen molar-refractivity contribution >= 4 is 0 Å². The summed E-state index contributed by atoms with van der Waals surface area (Å²) in [6.07, 6.45) is 19.0. The second-order valence-electron chi connectivity index (χ2n) is 12.6. The number of fused-ring (bicyclic) bond motifs is 5. The summed E-state index contributed by atoms with van der Waals surface area (Å²) < 4.78 is 0. The maximum atomic E-state index is 2.75. The second-order valence-corrected chi connectivity index (χ2v) is 12.6. The molecule has 3 fully saturated rings. The Labute approximate surface area is 177 Å². The van der Waals surface area contributed by atoms with E-state index in [4.69, 9.17) is 0 Å². The molecule has 0 saturated heterocycles. The molecule has 0 aromatic heterocycles. The molecule has 0 aromatic rings. The third-order valence-electron chi connectivity index (χ3n) is 10.6. The second kappa shape index (κ2) is 7.77. The first-order valence-corrected chi connectivity index (χ1v) is 12.9. The van der Waals surface area contributed by atoms with Gasteiger partial charge in [0.1, 0.15) is 0 Å². The van der Waals surface area contributed by atoms with Crippen molar-refractivity contribution in [2.24, 2.45) is 52.3 Å². The molecule has 4 aliphatic rings. The standard InChI is InChI=1S/C28H48.H2/c1-19(2)8-7-9-21(4)24-12-13-25-23-11-10-22-18-20(3)14-16-27(22,5)26(23)15-17-28(24,25)6;/h10,19-21,23-26H,7-9,11-18H2,1-6H3;1H/t20?,21-,23+,24-,25+,26?,27+,28-;/m1./s1. The van der Waals surface area contributed by atoms with Gasteiger partial charge in [-0.05, 0) is 104 Å². The van der Waals surface area contributed by atoms with Crippen LogP contribution in [0.4, 0.5) is 0 Å². The van der Waals surface area contributed by atoms with Gasteiger partial charge in [-0.15, -0.1) is 0 Å². The van der Waals surface area contributed by atoms with Crippen LogP contribution in [0.3, 0.4) is 0 Å². The van der Waals surface area contributed by atoms with Crippen LogP contribution in [0.1, 0.15) is 114 Å². The van der Waals surface area contributed by atoms with E-state index in [1.165, 1.54) is 70.6 Å². The first-order chi connectivity index (χ1) is 13.3. The van der Waals surface area contributed by atoms with Crippen molar-refractivity contribution in [1.29, 1.82) is 0 Å². The van der Waals surface area contributed by atoms with Crippen LogP contribution >= 0.6 is 0 Å². The van der Waals surface area contributed by atoms with E-state index in [2.05, 4.69) is 47.6 Å². The van der Waals surface area contributed by atoms with Gasteiger partial charge in [0.15, 0.2) is 0 Å². The molecule has 8 atom stereocenters. The van der Waals surface area contributed by atoms with Crippen LogP contribution in [0.5, 0.6) is 0 Å². The molecule has 0 N–H and O–H groups in total. The highest BCUT2D eigenvalue weighted by molar-refractivity contribution is 5.25. The molecule has 0 heterocycles. The highest BCUT2D eigenvalue weighted by Crippen LogP contribution is 2.67. The fourth-order valence-electron chi connectivity index (χ4n) is 8.87. The van der Waals surface area contributed by atoms with Gasteiger partial charge in [0.25, 0.3) is 0 Å². The highest BCUT2D eigenvalue weighted by Gasteiger charge is 2.58. The lowest BCUT2D eigenvalue weighted by molar-refractivity contribution is -0.0523. The zero-order chi connectivity index (χ0) is 20.1. The van der Waals surface area contributed by atoms with Crippen LogP contribution in [0, 0.1) is 52.3 Å². The van der Waals surface area contributed by atoms with Crippen LogP contribution in [0.15, 0.2) is 11.6 Å². The fourth-order valence-corrected chi connectivity index (χ4v) is 8.87. The van der Waals surface area contributed by atoms with E-state index >= 15 is 0 Å². The molecule has 0 radical (unpaired) electrons. The van der Waals surface area contributed by atoms with Crippen LogP contribution in [-0.4, -0.2) is 0 Å². The van der Waals surface area contributed by atoms with E-state index in [0.29, 0.717) is 10.8 Å². The van der Waals surface area contributed by atoms with Gasteiger partial charge >= 0.3 is 0 Å². The van der Waals surface area contributed by atoms with E-state index < -0.39 is 0 Å². The summed E-state index contributed by atoms with van der Waals surface area (Å²) in [6.45, 7) is 15.3. The summed E-state index contributed by atoms with van der Waals surface area (Å²) in [4.78, 5) is 0. The summed E-state index contributed by atoms with van der Waals surface area (Å²) in [7, 11) is 0. The monoisotopic (exact) mass is 386 g/mol. The minimum atomic E-state index is 0. The van der Waals surface area contributed by atoms with Gasteiger partial charge in [-0.1, -0.05) is 72.5 Å². The van der Waals surface area contributed by atoms with Gasteiger partial charge in [0.2, 0.25) is 0 Å². The number of rotatable bonds is 5. The Hall–Kier alpha value is -0.260. The molecule has 28 heavy (non-hydrogen) atoms. The van der Waals surface area contributed by atoms with Gasteiger partial charge in [-0.3, -0.25) is 0 Å². The lowest BCUT2D eigenvalue weighted by atomic mass is 9.46. The molecule has 0 heteroatoms. The average Bonchev–Trinajstić information content (AvgIpc) is 2.99. The largest absolute Gasteiger partial charge is 0.0845 e. The number of hydrogen-bond acceptors (Lipinski definition) is 0. The van der Waals surface area contributed by atoms with Crippen molar-refractivity contribution in [2.45, 2.75) is 112 Å². The van der Waals surface area contributed by atoms with E-state index in [1.54, 1.807) is 0 Å².